The van der Waals surface area contributed by atoms with Gasteiger partial charge in [0.15, 0.2) is 17.6 Å². The molecule has 0 radical (unpaired) electrons. The predicted molar refractivity (Wildman–Crippen MR) is 153 cm³/mol. The van der Waals surface area contributed by atoms with E-state index in [1.54, 1.807) is 18.2 Å². The summed E-state index contributed by atoms with van der Waals surface area (Å²) >= 11 is 0. The molecule has 1 atom stereocenters. The molecule has 1 N–H and O–H groups in total. The Morgan fingerprint density at radius 1 is 1.19 bits per heavy atom. The number of fused-ring (bicyclic) bond motifs is 2. The van der Waals surface area contributed by atoms with E-state index in [1.807, 2.05) is 36.7 Å². The van der Waals surface area contributed by atoms with Crippen LogP contribution in [0, 0.1) is 17.1 Å². The third-order valence-electron chi connectivity index (χ3n) is 8.12. The first-order chi connectivity index (χ1) is 20.4. The van der Waals surface area contributed by atoms with Gasteiger partial charge in [0.1, 0.15) is 29.5 Å². The van der Waals surface area contributed by atoms with Crippen LogP contribution in [-0.2, 0) is 13.6 Å². The number of imidazole rings is 1. The van der Waals surface area contributed by atoms with Crippen LogP contribution < -0.4 is 14.2 Å². The van der Waals surface area contributed by atoms with Crippen LogP contribution in [0.25, 0.3) is 11.0 Å². The van der Waals surface area contributed by atoms with Gasteiger partial charge < -0.3 is 23.9 Å². The molecule has 1 saturated heterocycles. The number of halogens is 1. The van der Waals surface area contributed by atoms with Crippen molar-refractivity contribution in [3.63, 3.8) is 0 Å². The van der Waals surface area contributed by atoms with Crippen LogP contribution in [0.3, 0.4) is 0 Å². The highest BCUT2D eigenvalue weighted by molar-refractivity contribution is 5.95. The van der Waals surface area contributed by atoms with Gasteiger partial charge in [-0.1, -0.05) is 18.2 Å². The molecule has 10 heteroatoms. The van der Waals surface area contributed by atoms with Crippen LogP contribution in [0.15, 0.2) is 48.5 Å². The number of nitrogens with zero attached hydrogens (tertiary/aromatic N) is 4. The molecule has 0 saturated carbocycles. The SMILES string of the molecule is CCOc1cc(C(=O)O)cc2c1nc(CN1CCC(c3cccc4c3O[C@@H](c3ccc(C#N)cc3F)CO4)CC1)n2C. The normalized spacial score (nSPS) is 17.2. The first kappa shape index (κ1) is 27.5. The van der Waals surface area contributed by atoms with E-state index in [0.29, 0.717) is 41.5 Å². The maximum absolute atomic E-state index is 14.8. The third kappa shape index (κ3) is 5.12. The van der Waals surface area contributed by atoms with Gasteiger partial charge in [0.05, 0.1) is 35.9 Å². The number of aromatic nitrogens is 2. The van der Waals surface area contributed by atoms with Gasteiger partial charge in [-0.3, -0.25) is 4.90 Å². The Labute approximate surface area is 242 Å². The van der Waals surface area contributed by atoms with Crippen LogP contribution in [0.1, 0.15) is 64.7 Å². The van der Waals surface area contributed by atoms with Crippen molar-refractivity contribution in [2.75, 3.05) is 26.3 Å². The molecule has 0 unspecified atom stereocenters. The van der Waals surface area contributed by atoms with E-state index in [-0.39, 0.29) is 23.7 Å². The van der Waals surface area contributed by atoms with E-state index >= 15 is 0 Å². The van der Waals surface area contributed by atoms with Gasteiger partial charge in [-0.2, -0.15) is 5.26 Å². The maximum atomic E-state index is 14.8. The molecule has 3 heterocycles. The zero-order valence-electron chi connectivity index (χ0n) is 23.5. The number of rotatable bonds is 7. The number of carboxylic acid groups (broad SMARTS) is 1. The Morgan fingerprint density at radius 2 is 2.00 bits per heavy atom. The highest BCUT2D eigenvalue weighted by atomic mass is 19.1. The number of likely N-dealkylation sites (tertiary alicyclic amines) is 1. The van der Waals surface area contributed by atoms with Crippen LogP contribution in [-0.4, -0.2) is 51.8 Å². The molecule has 2 aliphatic heterocycles. The van der Waals surface area contributed by atoms with Crippen molar-refractivity contribution in [1.82, 2.24) is 14.5 Å². The van der Waals surface area contributed by atoms with Gasteiger partial charge in [0.25, 0.3) is 0 Å². The average molecular weight is 571 g/mol. The number of hydrogen-bond donors (Lipinski definition) is 1. The lowest BCUT2D eigenvalue weighted by molar-refractivity contribution is 0.0696. The molecule has 9 nitrogen and oxygen atoms in total. The number of carbonyl (C=O) groups is 1. The molecule has 1 fully saturated rings. The quantitative estimate of drug-likeness (QED) is 0.307. The fourth-order valence-corrected chi connectivity index (χ4v) is 5.88. The van der Waals surface area contributed by atoms with Gasteiger partial charge in [0.2, 0.25) is 0 Å². The van der Waals surface area contributed by atoms with Crippen LogP contribution in [0.2, 0.25) is 0 Å². The topological polar surface area (TPSA) is 110 Å². The summed E-state index contributed by atoms with van der Waals surface area (Å²) in [5.74, 6) is 1.39. The number of benzene rings is 3. The Morgan fingerprint density at radius 3 is 2.71 bits per heavy atom. The summed E-state index contributed by atoms with van der Waals surface area (Å²) in [5.41, 5.74) is 3.24. The van der Waals surface area contributed by atoms with Gasteiger partial charge in [-0.25, -0.2) is 14.2 Å². The van der Waals surface area contributed by atoms with E-state index in [4.69, 9.17) is 24.5 Å². The second-order valence-corrected chi connectivity index (χ2v) is 10.7. The van der Waals surface area contributed by atoms with E-state index in [2.05, 4.69) is 11.0 Å². The van der Waals surface area contributed by atoms with Gasteiger partial charge in [-0.05, 0) is 69.1 Å². The number of aromatic carboxylic acids is 1. The summed E-state index contributed by atoms with van der Waals surface area (Å²) in [6, 6.07) is 15.4. The average Bonchev–Trinajstić information content (AvgIpc) is 3.32. The van der Waals surface area contributed by atoms with E-state index in [9.17, 15) is 14.3 Å². The van der Waals surface area contributed by atoms with Gasteiger partial charge >= 0.3 is 5.97 Å². The van der Waals surface area contributed by atoms with Gasteiger partial charge in [-0.15, -0.1) is 0 Å². The minimum atomic E-state index is -1.01. The molecule has 42 heavy (non-hydrogen) atoms. The minimum absolute atomic E-state index is 0.169. The number of aryl methyl sites for hydroxylation is 1. The lowest BCUT2D eigenvalue weighted by Gasteiger charge is -2.35. The van der Waals surface area contributed by atoms with Crippen molar-refractivity contribution in [3.05, 3.63) is 82.4 Å². The Kier molecular flexibility index (Phi) is 7.43. The summed E-state index contributed by atoms with van der Waals surface area (Å²) in [7, 11) is 1.90. The Bertz CT molecular complexity index is 1700. The van der Waals surface area contributed by atoms with E-state index < -0.39 is 17.9 Å². The van der Waals surface area contributed by atoms with Crippen molar-refractivity contribution < 1.29 is 28.5 Å². The Hall–Kier alpha value is -4.62. The molecule has 3 aromatic carbocycles. The van der Waals surface area contributed by atoms with Gasteiger partial charge in [0, 0.05) is 18.2 Å². The van der Waals surface area contributed by atoms with Crippen molar-refractivity contribution in [2.45, 2.75) is 38.3 Å². The first-order valence-corrected chi connectivity index (χ1v) is 14.1. The molecular formula is C32H31FN4O5. The van der Waals surface area contributed by atoms with E-state index in [1.165, 1.54) is 12.1 Å². The third-order valence-corrected chi connectivity index (χ3v) is 8.12. The summed E-state index contributed by atoms with van der Waals surface area (Å²) in [4.78, 5) is 18.8. The fraction of sp³-hybridized carbons (Fsp3) is 0.344. The molecule has 0 aliphatic carbocycles. The number of nitriles is 1. The molecular weight excluding hydrogens is 539 g/mol. The number of carboxylic acids is 1. The fourth-order valence-electron chi connectivity index (χ4n) is 5.88. The van der Waals surface area contributed by atoms with Crippen molar-refractivity contribution in [1.29, 1.82) is 5.26 Å². The number of piperidine rings is 1. The number of para-hydroxylation sites is 1. The summed E-state index contributed by atoms with van der Waals surface area (Å²) < 4.78 is 34.8. The van der Waals surface area contributed by atoms with Crippen LogP contribution in [0.4, 0.5) is 4.39 Å². The molecule has 0 amide bonds. The van der Waals surface area contributed by atoms with Crippen molar-refractivity contribution in [3.8, 4) is 23.3 Å². The molecule has 6 rings (SSSR count). The minimum Gasteiger partial charge on any atom is -0.492 e. The van der Waals surface area contributed by atoms with Crippen LogP contribution >= 0.6 is 0 Å². The first-order valence-electron chi connectivity index (χ1n) is 14.1. The van der Waals surface area contributed by atoms with Crippen molar-refractivity contribution >= 4 is 17.0 Å². The summed E-state index contributed by atoms with van der Waals surface area (Å²) in [5, 5.41) is 18.6. The number of ether oxygens (including phenoxy) is 3. The smallest absolute Gasteiger partial charge is 0.335 e. The molecule has 216 valence electrons. The second-order valence-electron chi connectivity index (χ2n) is 10.7. The maximum Gasteiger partial charge on any atom is 0.335 e. The van der Waals surface area contributed by atoms with Crippen molar-refractivity contribution in [2.24, 2.45) is 7.05 Å². The second kappa shape index (κ2) is 11.3. The zero-order chi connectivity index (χ0) is 29.4. The summed E-state index contributed by atoms with van der Waals surface area (Å²) in [6.07, 6.45) is 1.19. The number of hydrogen-bond acceptors (Lipinski definition) is 7. The van der Waals surface area contributed by atoms with E-state index in [0.717, 1.165) is 42.8 Å². The summed E-state index contributed by atoms with van der Waals surface area (Å²) in [6.45, 7) is 4.77. The predicted octanol–water partition coefficient (Wildman–Crippen LogP) is 5.57. The standard InChI is InChI=1S/C32H31FN4O5/c1-3-40-27-15-21(32(38)39)14-25-30(27)35-29(36(25)2)17-37-11-9-20(10-12-37)22-5-4-6-26-31(22)42-28(18-41-26)23-8-7-19(16-34)13-24(23)33/h4-8,13-15,20,28H,3,9-12,17-18H2,1-2H3,(H,38,39)/t28-/m1/s1. The highest BCUT2D eigenvalue weighted by Gasteiger charge is 2.31. The Balaban J connectivity index is 1.17. The molecule has 4 aromatic rings. The lowest BCUT2D eigenvalue weighted by Crippen LogP contribution is -2.33. The molecule has 2 aliphatic rings. The zero-order valence-corrected chi connectivity index (χ0v) is 23.5. The molecule has 1 aromatic heterocycles. The lowest BCUT2D eigenvalue weighted by atomic mass is 9.88. The molecule has 0 spiro atoms. The van der Waals surface area contributed by atoms with Crippen LogP contribution in [0.5, 0.6) is 17.2 Å². The largest absolute Gasteiger partial charge is 0.492 e. The monoisotopic (exact) mass is 570 g/mol. The molecule has 0 bridgehead atoms. The highest BCUT2D eigenvalue weighted by Crippen LogP contribution is 2.45.